The number of aromatic nitrogens is 1. The van der Waals surface area contributed by atoms with Gasteiger partial charge in [-0.1, -0.05) is 0 Å². The van der Waals surface area contributed by atoms with Crippen molar-refractivity contribution in [3.63, 3.8) is 0 Å². The SMILES string of the molecule is CCOC(=O)[C@@H](NS(=O)C(C)(C)C)c1cc(C)[nH]c1C. The van der Waals surface area contributed by atoms with Crippen molar-refractivity contribution in [1.82, 2.24) is 9.71 Å². The molecular weight excluding hydrogens is 276 g/mol. The van der Waals surface area contributed by atoms with E-state index in [1.807, 2.05) is 40.7 Å². The van der Waals surface area contributed by atoms with Gasteiger partial charge in [0.1, 0.15) is 6.04 Å². The van der Waals surface area contributed by atoms with Crippen molar-refractivity contribution in [2.45, 2.75) is 52.3 Å². The highest BCUT2D eigenvalue weighted by Gasteiger charge is 2.30. The molecule has 0 bridgehead atoms. The molecule has 0 aliphatic heterocycles. The van der Waals surface area contributed by atoms with Crippen LogP contribution < -0.4 is 4.72 Å². The Balaban J connectivity index is 3.07. The fourth-order valence-electron chi connectivity index (χ4n) is 1.79. The number of carbonyl (C=O) groups is 1. The quantitative estimate of drug-likeness (QED) is 0.820. The first-order valence-corrected chi connectivity index (χ1v) is 7.82. The molecule has 0 spiro atoms. The molecule has 20 heavy (non-hydrogen) atoms. The number of ether oxygens (including phenoxy) is 1. The Hall–Kier alpha value is -1.14. The molecule has 1 rings (SSSR count). The molecule has 1 heterocycles. The molecule has 6 heteroatoms. The van der Waals surface area contributed by atoms with E-state index in [9.17, 15) is 9.00 Å². The second kappa shape index (κ2) is 6.54. The molecule has 0 saturated heterocycles. The number of carbonyl (C=O) groups excluding carboxylic acids is 1. The number of rotatable bonds is 5. The van der Waals surface area contributed by atoms with Crippen LogP contribution in [0.15, 0.2) is 6.07 Å². The lowest BCUT2D eigenvalue weighted by atomic mass is 10.1. The molecule has 2 atom stereocenters. The lowest BCUT2D eigenvalue weighted by Crippen LogP contribution is -2.39. The summed E-state index contributed by atoms with van der Waals surface area (Å²) in [4.78, 5) is 15.3. The molecule has 0 aliphatic rings. The van der Waals surface area contributed by atoms with Gasteiger partial charge in [0.15, 0.2) is 0 Å². The molecule has 2 N–H and O–H groups in total. The van der Waals surface area contributed by atoms with Gasteiger partial charge in [0.2, 0.25) is 0 Å². The number of H-pyrrole nitrogens is 1. The molecule has 1 aromatic heterocycles. The molecule has 114 valence electrons. The Kier molecular flexibility index (Phi) is 5.53. The van der Waals surface area contributed by atoms with Gasteiger partial charge in [0.05, 0.1) is 22.3 Å². The van der Waals surface area contributed by atoms with Gasteiger partial charge in [0, 0.05) is 17.0 Å². The maximum atomic E-state index is 12.3. The summed E-state index contributed by atoms with van der Waals surface area (Å²) in [5.41, 5.74) is 2.60. The average Bonchev–Trinajstić information content (AvgIpc) is 2.63. The van der Waals surface area contributed by atoms with Crippen molar-refractivity contribution in [3.8, 4) is 0 Å². The number of hydrogen-bond donors (Lipinski definition) is 2. The number of esters is 1. The minimum Gasteiger partial charge on any atom is -0.465 e. The van der Waals surface area contributed by atoms with Gasteiger partial charge in [-0.2, -0.15) is 0 Å². The molecular formula is C14H24N2O3S. The summed E-state index contributed by atoms with van der Waals surface area (Å²) in [6.07, 6.45) is 0. The lowest BCUT2D eigenvalue weighted by molar-refractivity contribution is -0.145. The van der Waals surface area contributed by atoms with Crippen LogP contribution in [0, 0.1) is 13.8 Å². The summed E-state index contributed by atoms with van der Waals surface area (Å²) in [5, 5.41) is 0. The normalized spacial score (nSPS) is 14.9. The summed E-state index contributed by atoms with van der Waals surface area (Å²) in [6, 6.07) is 1.16. The largest absolute Gasteiger partial charge is 0.465 e. The van der Waals surface area contributed by atoms with E-state index in [-0.39, 0.29) is 0 Å². The van der Waals surface area contributed by atoms with Crippen molar-refractivity contribution in [3.05, 3.63) is 23.0 Å². The summed E-state index contributed by atoms with van der Waals surface area (Å²) in [6.45, 7) is 11.4. The smallest absolute Gasteiger partial charge is 0.328 e. The Labute approximate surface area is 123 Å². The van der Waals surface area contributed by atoms with Crippen molar-refractivity contribution < 1.29 is 13.7 Å². The molecule has 1 unspecified atom stereocenters. The van der Waals surface area contributed by atoms with Crippen LogP contribution in [0.4, 0.5) is 0 Å². The van der Waals surface area contributed by atoms with Crippen molar-refractivity contribution in [2.24, 2.45) is 0 Å². The Bertz CT molecular complexity index is 503. The van der Waals surface area contributed by atoms with E-state index in [1.54, 1.807) is 6.92 Å². The Morgan fingerprint density at radius 3 is 2.45 bits per heavy atom. The molecule has 0 saturated carbocycles. The summed E-state index contributed by atoms with van der Waals surface area (Å²) in [5.74, 6) is -0.410. The molecule has 0 fully saturated rings. The van der Waals surface area contributed by atoms with Gasteiger partial charge in [-0.15, -0.1) is 0 Å². The zero-order valence-electron chi connectivity index (χ0n) is 13.0. The zero-order chi connectivity index (χ0) is 15.5. The molecule has 0 radical (unpaired) electrons. The number of nitrogens with one attached hydrogen (secondary N) is 2. The van der Waals surface area contributed by atoms with Crippen LogP contribution in [0.5, 0.6) is 0 Å². The predicted octanol–water partition coefficient (Wildman–Crippen LogP) is 2.29. The highest BCUT2D eigenvalue weighted by Crippen LogP contribution is 2.22. The Morgan fingerprint density at radius 2 is 2.05 bits per heavy atom. The van der Waals surface area contributed by atoms with Gasteiger partial charge >= 0.3 is 5.97 Å². The van der Waals surface area contributed by atoms with Gasteiger partial charge in [-0.25, -0.2) is 13.7 Å². The van der Waals surface area contributed by atoms with Gasteiger partial charge in [0.25, 0.3) is 0 Å². The zero-order valence-corrected chi connectivity index (χ0v) is 13.8. The second-order valence-electron chi connectivity index (χ2n) is 5.72. The number of aromatic amines is 1. The highest BCUT2D eigenvalue weighted by atomic mass is 32.2. The van der Waals surface area contributed by atoms with Crippen LogP contribution >= 0.6 is 0 Å². The van der Waals surface area contributed by atoms with Gasteiger partial charge < -0.3 is 9.72 Å². The third-order valence-corrected chi connectivity index (χ3v) is 4.37. The number of aryl methyl sites for hydroxylation is 2. The Morgan fingerprint density at radius 1 is 1.45 bits per heavy atom. The van der Waals surface area contributed by atoms with Crippen LogP contribution in [0.1, 0.15) is 50.7 Å². The average molecular weight is 300 g/mol. The van der Waals surface area contributed by atoms with Crippen molar-refractivity contribution in [2.75, 3.05) is 6.61 Å². The molecule has 1 aromatic rings. The summed E-state index contributed by atoms with van der Waals surface area (Å²) in [7, 11) is -1.36. The maximum absolute atomic E-state index is 12.3. The summed E-state index contributed by atoms with van der Waals surface area (Å²) < 4.78 is 19.8. The fourth-order valence-corrected chi connectivity index (χ4v) is 2.58. The summed E-state index contributed by atoms with van der Waals surface area (Å²) >= 11 is 0. The molecule has 0 aliphatic carbocycles. The molecule has 0 amide bonds. The van der Waals surface area contributed by atoms with Gasteiger partial charge in [-0.3, -0.25) is 0 Å². The molecule has 0 aromatic carbocycles. The molecule has 5 nitrogen and oxygen atoms in total. The minimum absolute atomic E-state index is 0.293. The topological polar surface area (TPSA) is 71.2 Å². The van der Waals surface area contributed by atoms with E-state index < -0.39 is 27.7 Å². The van der Waals surface area contributed by atoms with Crippen LogP contribution in [0.25, 0.3) is 0 Å². The van der Waals surface area contributed by atoms with Crippen LogP contribution in [-0.4, -0.2) is 26.5 Å². The first kappa shape index (κ1) is 16.9. The third kappa shape index (κ3) is 4.18. The first-order chi connectivity index (χ1) is 9.16. The predicted molar refractivity (Wildman–Crippen MR) is 80.7 cm³/mol. The van der Waals surface area contributed by atoms with Gasteiger partial charge in [-0.05, 0) is 47.6 Å². The van der Waals surface area contributed by atoms with Crippen molar-refractivity contribution in [1.29, 1.82) is 0 Å². The maximum Gasteiger partial charge on any atom is 0.328 e. The van der Waals surface area contributed by atoms with Crippen LogP contribution in [0.3, 0.4) is 0 Å². The van der Waals surface area contributed by atoms with E-state index in [0.29, 0.717) is 6.61 Å². The van der Waals surface area contributed by atoms with E-state index in [4.69, 9.17) is 4.74 Å². The van der Waals surface area contributed by atoms with E-state index in [1.165, 1.54) is 0 Å². The van der Waals surface area contributed by atoms with E-state index in [2.05, 4.69) is 9.71 Å². The first-order valence-electron chi connectivity index (χ1n) is 6.67. The lowest BCUT2D eigenvalue weighted by Gasteiger charge is -2.23. The second-order valence-corrected chi connectivity index (χ2v) is 7.71. The minimum atomic E-state index is -1.36. The standard InChI is InChI=1S/C14H24N2O3S/c1-7-19-13(17)12(16-20(18)14(4,5)6)11-8-9(2)15-10(11)3/h8,12,15-16H,7H2,1-6H3/t12-,20?/m0/s1. The van der Waals surface area contributed by atoms with E-state index >= 15 is 0 Å². The highest BCUT2D eigenvalue weighted by molar-refractivity contribution is 7.84. The van der Waals surface area contributed by atoms with E-state index in [0.717, 1.165) is 17.0 Å². The van der Waals surface area contributed by atoms with Crippen LogP contribution in [-0.2, 0) is 20.5 Å². The van der Waals surface area contributed by atoms with Crippen molar-refractivity contribution >= 4 is 17.0 Å². The number of hydrogen-bond acceptors (Lipinski definition) is 3. The van der Waals surface area contributed by atoms with Crippen LogP contribution in [0.2, 0.25) is 0 Å². The fraction of sp³-hybridized carbons (Fsp3) is 0.643. The third-order valence-electron chi connectivity index (χ3n) is 2.80. The monoisotopic (exact) mass is 300 g/mol.